The maximum Gasteiger partial charge on any atom is 0.249 e. The number of para-hydroxylation sites is 1. The quantitative estimate of drug-likeness (QED) is 0.421. The van der Waals surface area contributed by atoms with Crippen LogP contribution in [0.2, 0.25) is 0 Å². The van der Waals surface area contributed by atoms with E-state index in [2.05, 4.69) is 10.3 Å². The van der Waals surface area contributed by atoms with Crippen molar-refractivity contribution in [1.82, 2.24) is 20.1 Å². The Hall–Kier alpha value is -3.97. The van der Waals surface area contributed by atoms with Crippen LogP contribution in [0.15, 0.2) is 85.3 Å². The van der Waals surface area contributed by atoms with Crippen LogP contribution in [0.5, 0.6) is 5.75 Å². The molecule has 168 valence electrons. The van der Waals surface area contributed by atoms with Crippen molar-refractivity contribution in [3.63, 3.8) is 0 Å². The lowest BCUT2D eigenvalue weighted by Crippen LogP contribution is -2.34. The van der Waals surface area contributed by atoms with Crippen molar-refractivity contribution >= 4 is 5.91 Å². The van der Waals surface area contributed by atoms with Crippen molar-refractivity contribution < 1.29 is 14.3 Å². The van der Waals surface area contributed by atoms with E-state index in [0.717, 1.165) is 33.8 Å². The molecule has 1 N–H and O–H groups in total. The lowest BCUT2D eigenvalue weighted by molar-refractivity contribution is -0.132. The third-order valence-electron chi connectivity index (χ3n) is 5.22. The minimum Gasteiger partial charge on any atom is -0.497 e. The number of rotatable bonds is 9. The first-order valence-electron chi connectivity index (χ1n) is 10.7. The Bertz CT molecular complexity index is 1190. The summed E-state index contributed by atoms with van der Waals surface area (Å²) in [6, 6.07) is 21.3. The van der Waals surface area contributed by atoms with Gasteiger partial charge in [0.25, 0.3) is 0 Å². The number of nitrogens with zero attached hydrogens (tertiary/aromatic N) is 3. The molecular formula is C26H26N4O3. The number of methoxy groups -OCH3 is 1. The minimum absolute atomic E-state index is 0.189. The zero-order valence-corrected chi connectivity index (χ0v) is 18.6. The largest absolute Gasteiger partial charge is 0.497 e. The van der Waals surface area contributed by atoms with Crippen molar-refractivity contribution in [1.29, 1.82) is 0 Å². The molecule has 1 unspecified atom stereocenters. The van der Waals surface area contributed by atoms with Crippen LogP contribution in [0.3, 0.4) is 0 Å². The number of aromatic nitrogens is 3. The van der Waals surface area contributed by atoms with E-state index in [9.17, 15) is 4.79 Å². The van der Waals surface area contributed by atoms with Gasteiger partial charge in [0.2, 0.25) is 5.91 Å². The second kappa shape index (κ2) is 10.6. The average Bonchev–Trinajstić information content (AvgIpc) is 3.31. The van der Waals surface area contributed by atoms with Crippen LogP contribution in [0.1, 0.15) is 18.1 Å². The molecule has 0 radical (unpaired) electrons. The molecule has 4 aromatic rings. The Balaban J connectivity index is 1.44. The first kappa shape index (κ1) is 22.2. The molecule has 0 saturated heterocycles. The van der Waals surface area contributed by atoms with Gasteiger partial charge in [0, 0.05) is 36.3 Å². The number of pyridine rings is 1. The van der Waals surface area contributed by atoms with E-state index in [1.807, 2.05) is 77.6 Å². The third-order valence-corrected chi connectivity index (χ3v) is 5.22. The van der Waals surface area contributed by atoms with Gasteiger partial charge in [-0.1, -0.05) is 30.3 Å². The van der Waals surface area contributed by atoms with E-state index in [-0.39, 0.29) is 5.91 Å². The summed E-state index contributed by atoms with van der Waals surface area (Å²) in [6.45, 7) is 2.39. The number of carbonyl (C=O) groups is 1. The lowest BCUT2D eigenvalue weighted by atomic mass is 10.1. The number of hydrogen-bond donors (Lipinski definition) is 1. The second-order valence-corrected chi connectivity index (χ2v) is 7.54. The van der Waals surface area contributed by atoms with Crippen LogP contribution >= 0.6 is 0 Å². The predicted molar refractivity (Wildman–Crippen MR) is 126 cm³/mol. The Morgan fingerprint density at radius 2 is 1.85 bits per heavy atom. The highest BCUT2D eigenvalue weighted by Gasteiger charge is 2.17. The fraction of sp³-hybridized carbons (Fsp3) is 0.192. The Morgan fingerprint density at radius 3 is 2.61 bits per heavy atom. The fourth-order valence-corrected chi connectivity index (χ4v) is 3.39. The van der Waals surface area contributed by atoms with Crippen LogP contribution in [0.25, 0.3) is 16.9 Å². The highest BCUT2D eigenvalue weighted by atomic mass is 16.5. The molecule has 0 fully saturated rings. The zero-order valence-electron chi connectivity index (χ0n) is 18.6. The number of hydrogen-bond acceptors (Lipinski definition) is 5. The molecular weight excluding hydrogens is 416 g/mol. The molecule has 1 atom stereocenters. The lowest BCUT2D eigenvalue weighted by Gasteiger charge is -2.14. The van der Waals surface area contributed by atoms with E-state index in [4.69, 9.17) is 14.6 Å². The molecule has 2 heterocycles. The smallest absolute Gasteiger partial charge is 0.249 e. The number of benzene rings is 2. The highest BCUT2D eigenvalue weighted by Crippen LogP contribution is 2.23. The van der Waals surface area contributed by atoms with Crippen LogP contribution in [-0.2, 0) is 22.7 Å². The minimum atomic E-state index is -0.607. The van der Waals surface area contributed by atoms with Gasteiger partial charge in [-0.05, 0) is 48.9 Å². The molecule has 33 heavy (non-hydrogen) atoms. The first-order valence-corrected chi connectivity index (χ1v) is 10.7. The van der Waals surface area contributed by atoms with E-state index in [1.54, 1.807) is 26.4 Å². The second-order valence-electron chi connectivity index (χ2n) is 7.54. The highest BCUT2D eigenvalue weighted by molar-refractivity contribution is 5.80. The van der Waals surface area contributed by atoms with Crippen molar-refractivity contribution in [3.8, 4) is 22.7 Å². The van der Waals surface area contributed by atoms with Gasteiger partial charge in [0.1, 0.15) is 11.9 Å². The maximum atomic E-state index is 12.7. The molecule has 7 nitrogen and oxygen atoms in total. The third kappa shape index (κ3) is 5.64. The number of ether oxygens (including phenoxy) is 2. The molecule has 0 saturated carbocycles. The Labute approximate surface area is 193 Å². The topological polar surface area (TPSA) is 78.3 Å². The van der Waals surface area contributed by atoms with Crippen LogP contribution in [0, 0.1) is 0 Å². The molecule has 0 aliphatic rings. The van der Waals surface area contributed by atoms with Crippen molar-refractivity contribution in [2.24, 2.45) is 0 Å². The van der Waals surface area contributed by atoms with Gasteiger partial charge in [-0.15, -0.1) is 0 Å². The molecule has 0 bridgehead atoms. The molecule has 2 aromatic carbocycles. The van der Waals surface area contributed by atoms with Gasteiger partial charge in [-0.3, -0.25) is 9.78 Å². The Kier molecular flexibility index (Phi) is 7.12. The van der Waals surface area contributed by atoms with Gasteiger partial charge in [-0.25, -0.2) is 4.68 Å². The molecule has 7 heteroatoms. The summed E-state index contributed by atoms with van der Waals surface area (Å²) in [6.07, 6.45) is 4.79. The molecule has 1 amide bonds. The van der Waals surface area contributed by atoms with Gasteiger partial charge in [0.15, 0.2) is 0 Å². The summed E-state index contributed by atoms with van der Waals surface area (Å²) in [5.41, 5.74) is 4.52. The van der Waals surface area contributed by atoms with Crippen molar-refractivity contribution in [2.75, 3.05) is 7.11 Å². The Morgan fingerprint density at radius 1 is 1.06 bits per heavy atom. The zero-order chi connectivity index (χ0) is 23.0. The van der Waals surface area contributed by atoms with Gasteiger partial charge in [-0.2, -0.15) is 5.10 Å². The molecule has 0 spiro atoms. The van der Waals surface area contributed by atoms with E-state index in [0.29, 0.717) is 13.2 Å². The van der Waals surface area contributed by atoms with Crippen molar-refractivity contribution in [3.05, 3.63) is 96.4 Å². The fourth-order valence-electron chi connectivity index (χ4n) is 3.39. The van der Waals surface area contributed by atoms with Crippen LogP contribution in [-0.4, -0.2) is 33.9 Å². The van der Waals surface area contributed by atoms with Gasteiger partial charge >= 0.3 is 0 Å². The first-order chi connectivity index (χ1) is 16.1. The summed E-state index contributed by atoms with van der Waals surface area (Å²) < 4.78 is 12.8. The van der Waals surface area contributed by atoms with Crippen molar-refractivity contribution in [2.45, 2.75) is 26.2 Å². The number of carbonyl (C=O) groups excluding carboxylic acids is 1. The summed E-state index contributed by atoms with van der Waals surface area (Å²) in [5.74, 6) is 0.568. The van der Waals surface area contributed by atoms with E-state index in [1.165, 1.54) is 0 Å². The summed E-state index contributed by atoms with van der Waals surface area (Å²) in [4.78, 5) is 16.8. The molecule has 0 aliphatic carbocycles. The van der Waals surface area contributed by atoms with E-state index >= 15 is 0 Å². The predicted octanol–water partition coefficient (Wildman–Crippen LogP) is 4.16. The number of nitrogens with one attached hydrogen (secondary N) is 1. The molecule has 4 rings (SSSR count). The standard InChI is InChI=1S/C26H26N4O3/c1-19(33-18-20-7-6-10-24(15-20)32-2)26(31)28-16-22-17-30(23-8-4-3-5-9-23)29-25(22)21-11-13-27-14-12-21/h3-15,17,19H,16,18H2,1-2H3,(H,28,31). The molecule has 0 aliphatic heterocycles. The summed E-state index contributed by atoms with van der Waals surface area (Å²) in [7, 11) is 1.62. The van der Waals surface area contributed by atoms with Gasteiger partial charge < -0.3 is 14.8 Å². The summed E-state index contributed by atoms with van der Waals surface area (Å²) >= 11 is 0. The van der Waals surface area contributed by atoms with Crippen LogP contribution < -0.4 is 10.1 Å². The summed E-state index contributed by atoms with van der Waals surface area (Å²) in [5, 5.41) is 7.74. The SMILES string of the molecule is COc1cccc(COC(C)C(=O)NCc2cn(-c3ccccc3)nc2-c2ccncc2)c1. The maximum absolute atomic E-state index is 12.7. The number of amides is 1. The average molecular weight is 443 g/mol. The monoisotopic (exact) mass is 442 g/mol. The van der Waals surface area contributed by atoms with Crippen LogP contribution in [0.4, 0.5) is 0 Å². The molecule has 2 aromatic heterocycles. The normalized spacial score (nSPS) is 11.7. The van der Waals surface area contributed by atoms with Gasteiger partial charge in [0.05, 0.1) is 25.1 Å². The van der Waals surface area contributed by atoms with E-state index < -0.39 is 6.10 Å².